The normalized spacial score (nSPS) is 16.6. The van der Waals surface area contributed by atoms with Crippen LogP contribution in [0.5, 0.6) is 5.75 Å². The molecule has 100 valence electrons. The standard InChI is InChI=1S/C16H25NO/c1-4-6-15(11-17-14-9-10-14)18-16-8-5-7-12(2)13(16)3/h5,7-8,14-15,17H,4,6,9-11H2,1-3H3. The minimum Gasteiger partial charge on any atom is -0.489 e. The Morgan fingerprint density at radius 2 is 2.11 bits per heavy atom. The summed E-state index contributed by atoms with van der Waals surface area (Å²) in [6.07, 6.45) is 5.26. The molecule has 0 saturated heterocycles. The van der Waals surface area contributed by atoms with Crippen LogP contribution in [0.25, 0.3) is 0 Å². The molecule has 0 amide bonds. The Bertz CT molecular complexity index is 385. The SMILES string of the molecule is CCCC(CNC1CC1)Oc1cccc(C)c1C. The molecule has 0 radical (unpaired) electrons. The van der Waals surface area contributed by atoms with Gasteiger partial charge in [-0.2, -0.15) is 0 Å². The molecule has 0 bridgehead atoms. The van der Waals surface area contributed by atoms with Crippen molar-refractivity contribution in [2.24, 2.45) is 0 Å². The van der Waals surface area contributed by atoms with Gasteiger partial charge in [0.2, 0.25) is 0 Å². The lowest BCUT2D eigenvalue weighted by atomic mass is 10.1. The predicted molar refractivity (Wildman–Crippen MR) is 76.3 cm³/mol. The van der Waals surface area contributed by atoms with Crippen molar-refractivity contribution in [1.82, 2.24) is 5.32 Å². The molecular weight excluding hydrogens is 222 g/mol. The van der Waals surface area contributed by atoms with Gasteiger partial charge in [-0.05, 0) is 50.3 Å². The maximum absolute atomic E-state index is 6.18. The lowest BCUT2D eigenvalue weighted by Crippen LogP contribution is -2.32. The monoisotopic (exact) mass is 247 g/mol. The van der Waals surface area contributed by atoms with Crippen LogP contribution >= 0.6 is 0 Å². The Morgan fingerprint density at radius 1 is 1.33 bits per heavy atom. The first-order valence-electron chi connectivity index (χ1n) is 7.17. The van der Waals surface area contributed by atoms with Crippen molar-refractivity contribution >= 4 is 0 Å². The van der Waals surface area contributed by atoms with Gasteiger partial charge in [0, 0.05) is 12.6 Å². The van der Waals surface area contributed by atoms with E-state index in [2.05, 4.69) is 44.3 Å². The molecule has 2 heteroatoms. The maximum Gasteiger partial charge on any atom is 0.122 e. The highest BCUT2D eigenvalue weighted by atomic mass is 16.5. The highest BCUT2D eigenvalue weighted by Gasteiger charge is 2.22. The van der Waals surface area contributed by atoms with Crippen molar-refractivity contribution in [3.63, 3.8) is 0 Å². The van der Waals surface area contributed by atoms with Gasteiger partial charge in [-0.1, -0.05) is 25.5 Å². The zero-order valence-electron chi connectivity index (χ0n) is 11.8. The van der Waals surface area contributed by atoms with Gasteiger partial charge in [-0.15, -0.1) is 0 Å². The molecular formula is C16H25NO. The summed E-state index contributed by atoms with van der Waals surface area (Å²) in [7, 11) is 0. The van der Waals surface area contributed by atoms with E-state index >= 15 is 0 Å². The van der Waals surface area contributed by atoms with E-state index in [0.717, 1.165) is 24.8 Å². The van der Waals surface area contributed by atoms with Crippen LogP contribution < -0.4 is 10.1 Å². The zero-order valence-corrected chi connectivity index (χ0v) is 11.8. The van der Waals surface area contributed by atoms with Gasteiger partial charge in [0.05, 0.1) is 0 Å². The van der Waals surface area contributed by atoms with Crippen molar-refractivity contribution < 1.29 is 4.74 Å². The fourth-order valence-corrected chi connectivity index (χ4v) is 2.14. The molecule has 0 aromatic heterocycles. The van der Waals surface area contributed by atoms with Crippen LogP contribution in [0.4, 0.5) is 0 Å². The fraction of sp³-hybridized carbons (Fsp3) is 0.625. The van der Waals surface area contributed by atoms with Gasteiger partial charge in [0.15, 0.2) is 0 Å². The molecule has 18 heavy (non-hydrogen) atoms. The quantitative estimate of drug-likeness (QED) is 0.795. The number of aryl methyl sites for hydroxylation is 1. The molecule has 1 saturated carbocycles. The molecule has 0 heterocycles. The van der Waals surface area contributed by atoms with Crippen molar-refractivity contribution in [3.05, 3.63) is 29.3 Å². The predicted octanol–water partition coefficient (Wildman–Crippen LogP) is 3.60. The summed E-state index contributed by atoms with van der Waals surface area (Å²) >= 11 is 0. The second kappa shape index (κ2) is 6.24. The maximum atomic E-state index is 6.18. The first-order valence-corrected chi connectivity index (χ1v) is 7.17. The average Bonchev–Trinajstić information content (AvgIpc) is 3.16. The molecule has 2 rings (SSSR count). The third-order valence-corrected chi connectivity index (χ3v) is 3.67. The van der Waals surface area contributed by atoms with Crippen molar-refractivity contribution in [2.45, 2.75) is 58.6 Å². The van der Waals surface area contributed by atoms with E-state index in [1.54, 1.807) is 0 Å². The van der Waals surface area contributed by atoms with Crippen LogP contribution in [0.15, 0.2) is 18.2 Å². The van der Waals surface area contributed by atoms with Crippen LogP contribution in [-0.2, 0) is 0 Å². The van der Waals surface area contributed by atoms with E-state index in [0.29, 0.717) is 6.10 Å². The Kier molecular flexibility index (Phi) is 4.65. The first kappa shape index (κ1) is 13.4. The second-order valence-corrected chi connectivity index (χ2v) is 5.41. The molecule has 1 unspecified atom stereocenters. The van der Waals surface area contributed by atoms with E-state index in [9.17, 15) is 0 Å². The third kappa shape index (κ3) is 3.74. The Hall–Kier alpha value is -1.02. The van der Waals surface area contributed by atoms with E-state index in [1.165, 1.54) is 30.4 Å². The van der Waals surface area contributed by atoms with Gasteiger partial charge in [0.25, 0.3) is 0 Å². The molecule has 0 aliphatic heterocycles. The minimum absolute atomic E-state index is 0.302. The van der Waals surface area contributed by atoms with Crippen LogP contribution in [0.3, 0.4) is 0 Å². The van der Waals surface area contributed by atoms with Crippen molar-refractivity contribution in [2.75, 3.05) is 6.54 Å². The summed E-state index contributed by atoms with van der Waals surface area (Å²) in [6, 6.07) is 7.06. The molecule has 1 aromatic rings. The third-order valence-electron chi connectivity index (χ3n) is 3.67. The van der Waals surface area contributed by atoms with E-state index < -0.39 is 0 Å². The smallest absolute Gasteiger partial charge is 0.122 e. The Balaban J connectivity index is 1.95. The Morgan fingerprint density at radius 3 is 2.78 bits per heavy atom. The van der Waals surface area contributed by atoms with Gasteiger partial charge in [-0.3, -0.25) is 0 Å². The van der Waals surface area contributed by atoms with Crippen molar-refractivity contribution in [1.29, 1.82) is 0 Å². The zero-order chi connectivity index (χ0) is 13.0. The fourth-order valence-electron chi connectivity index (χ4n) is 2.14. The van der Waals surface area contributed by atoms with Crippen LogP contribution in [0.1, 0.15) is 43.7 Å². The molecule has 1 aliphatic carbocycles. The van der Waals surface area contributed by atoms with Gasteiger partial charge < -0.3 is 10.1 Å². The number of hydrogen-bond donors (Lipinski definition) is 1. The first-order chi connectivity index (χ1) is 8.70. The number of rotatable bonds is 7. The lowest BCUT2D eigenvalue weighted by molar-refractivity contribution is 0.184. The molecule has 1 N–H and O–H groups in total. The number of ether oxygens (including phenoxy) is 1. The summed E-state index contributed by atoms with van der Waals surface area (Å²) in [4.78, 5) is 0. The molecule has 1 aliphatic rings. The van der Waals surface area contributed by atoms with Crippen molar-refractivity contribution in [3.8, 4) is 5.75 Å². The number of hydrogen-bond acceptors (Lipinski definition) is 2. The average molecular weight is 247 g/mol. The summed E-state index contributed by atoms with van der Waals surface area (Å²) in [5.74, 6) is 1.05. The van der Waals surface area contributed by atoms with Crippen LogP contribution in [0, 0.1) is 13.8 Å². The summed E-state index contributed by atoms with van der Waals surface area (Å²) in [6.45, 7) is 7.48. The topological polar surface area (TPSA) is 21.3 Å². The minimum atomic E-state index is 0.302. The highest BCUT2D eigenvalue weighted by molar-refractivity contribution is 5.38. The van der Waals surface area contributed by atoms with Crippen LogP contribution in [0.2, 0.25) is 0 Å². The van der Waals surface area contributed by atoms with E-state index in [-0.39, 0.29) is 0 Å². The van der Waals surface area contributed by atoms with E-state index in [1.807, 2.05) is 0 Å². The van der Waals surface area contributed by atoms with Gasteiger partial charge >= 0.3 is 0 Å². The van der Waals surface area contributed by atoms with E-state index in [4.69, 9.17) is 4.74 Å². The molecule has 2 nitrogen and oxygen atoms in total. The summed E-state index contributed by atoms with van der Waals surface area (Å²) in [5.41, 5.74) is 2.57. The number of nitrogens with one attached hydrogen (secondary N) is 1. The molecule has 1 atom stereocenters. The Labute approximate surface area is 111 Å². The molecule has 1 aromatic carbocycles. The van der Waals surface area contributed by atoms with Gasteiger partial charge in [-0.25, -0.2) is 0 Å². The number of benzene rings is 1. The summed E-state index contributed by atoms with van der Waals surface area (Å²) < 4.78 is 6.18. The molecule has 0 spiro atoms. The lowest BCUT2D eigenvalue weighted by Gasteiger charge is -2.21. The van der Waals surface area contributed by atoms with Gasteiger partial charge in [0.1, 0.15) is 11.9 Å². The second-order valence-electron chi connectivity index (χ2n) is 5.41. The highest BCUT2D eigenvalue weighted by Crippen LogP contribution is 2.23. The van der Waals surface area contributed by atoms with Crippen LogP contribution in [-0.4, -0.2) is 18.7 Å². The largest absolute Gasteiger partial charge is 0.489 e. The summed E-state index contributed by atoms with van der Waals surface area (Å²) in [5, 5.41) is 3.57. The molecule has 1 fully saturated rings.